The van der Waals surface area contributed by atoms with E-state index in [-0.39, 0.29) is 24.6 Å². The molecule has 10 heteroatoms. The minimum atomic E-state index is -0.471. The Bertz CT molecular complexity index is 1150. The molecule has 0 bridgehead atoms. The molecule has 0 unspecified atom stereocenters. The molecule has 0 spiro atoms. The van der Waals surface area contributed by atoms with Gasteiger partial charge in [-0.05, 0) is 29.3 Å². The highest BCUT2D eigenvalue weighted by Gasteiger charge is 2.09. The molecule has 0 N–H and O–H groups in total. The maximum atomic E-state index is 10.9. The van der Waals surface area contributed by atoms with Crippen LogP contribution in [0, 0.1) is 20.2 Å². The molecule has 32 heavy (non-hydrogen) atoms. The Balaban J connectivity index is 1.60. The van der Waals surface area contributed by atoms with Crippen LogP contribution in [0.4, 0.5) is 11.4 Å². The van der Waals surface area contributed by atoms with E-state index in [9.17, 15) is 20.2 Å². The highest BCUT2D eigenvalue weighted by atomic mass is 16.6. The van der Waals surface area contributed by atoms with E-state index in [1.54, 1.807) is 42.5 Å². The highest BCUT2D eigenvalue weighted by molar-refractivity contribution is 5.80. The van der Waals surface area contributed by atoms with E-state index in [1.807, 2.05) is 0 Å². The fraction of sp³-hybridized carbons (Fsp3) is 0.136. The second kappa shape index (κ2) is 10.5. The minimum absolute atomic E-state index is 0.00488. The van der Waals surface area contributed by atoms with Crippen molar-refractivity contribution in [3.8, 4) is 11.5 Å². The first-order valence-electron chi connectivity index (χ1n) is 9.39. The van der Waals surface area contributed by atoms with E-state index in [0.717, 1.165) is 0 Å². The summed E-state index contributed by atoms with van der Waals surface area (Å²) >= 11 is 0. The van der Waals surface area contributed by atoms with Crippen LogP contribution >= 0.6 is 0 Å². The van der Waals surface area contributed by atoms with Gasteiger partial charge < -0.3 is 14.3 Å². The number of benzene rings is 3. The average molecular weight is 437 g/mol. The molecule has 0 radical (unpaired) electrons. The first-order chi connectivity index (χ1) is 15.5. The summed E-state index contributed by atoms with van der Waals surface area (Å²) in [5, 5.41) is 25.6. The van der Waals surface area contributed by atoms with Gasteiger partial charge in [-0.25, -0.2) is 0 Å². The Labute approximate surface area is 183 Å². The zero-order valence-electron chi connectivity index (χ0n) is 17.0. The molecule has 0 aromatic heterocycles. The fourth-order valence-corrected chi connectivity index (χ4v) is 2.77. The molecule has 3 aromatic rings. The lowest BCUT2D eigenvalue weighted by molar-refractivity contribution is -0.385. The van der Waals surface area contributed by atoms with Crippen LogP contribution in [0.2, 0.25) is 0 Å². The van der Waals surface area contributed by atoms with Crippen molar-refractivity contribution in [2.75, 3.05) is 7.11 Å². The molecule has 0 saturated heterocycles. The number of nitrogens with zero attached hydrogens (tertiary/aromatic N) is 3. The van der Waals surface area contributed by atoms with Gasteiger partial charge >= 0.3 is 0 Å². The van der Waals surface area contributed by atoms with Crippen LogP contribution < -0.4 is 9.47 Å². The lowest BCUT2D eigenvalue weighted by Crippen LogP contribution is -1.99. The predicted octanol–water partition coefficient (Wildman–Crippen LogP) is 4.64. The number of ether oxygens (including phenoxy) is 2. The SMILES string of the molecule is COc1cc(/C=N\OCc2cccc([N+](=O)[O-])c2)ccc1OCc1cccc([N+](=O)[O-])c1. The molecule has 0 saturated carbocycles. The third-order valence-electron chi connectivity index (χ3n) is 4.33. The molecule has 0 heterocycles. The Hall–Kier alpha value is -4.47. The molecule has 0 fully saturated rings. The van der Waals surface area contributed by atoms with Crippen molar-refractivity contribution in [1.29, 1.82) is 0 Å². The maximum absolute atomic E-state index is 10.9. The molecule has 0 atom stereocenters. The van der Waals surface area contributed by atoms with Crippen molar-refractivity contribution >= 4 is 17.6 Å². The first-order valence-corrected chi connectivity index (χ1v) is 9.39. The number of non-ortho nitro benzene ring substituents is 2. The van der Waals surface area contributed by atoms with Crippen LogP contribution in [0.25, 0.3) is 0 Å². The monoisotopic (exact) mass is 437 g/mol. The lowest BCUT2D eigenvalue weighted by Gasteiger charge is -2.11. The van der Waals surface area contributed by atoms with Gasteiger partial charge in [0.1, 0.15) is 13.2 Å². The van der Waals surface area contributed by atoms with Gasteiger partial charge in [0.25, 0.3) is 11.4 Å². The zero-order chi connectivity index (χ0) is 22.9. The van der Waals surface area contributed by atoms with E-state index in [4.69, 9.17) is 14.3 Å². The number of hydrogen-bond acceptors (Lipinski definition) is 8. The summed E-state index contributed by atoms with van der Waals surface area (Å²) in [5.74, 6) is 0.923. The van der Waals surface area contributed by atoms with Crippen LogP contribution in [-0.4, -0.2) is 23.2 Å². The molecule has 164 valence electrons. The van der Waals surface area contributed by atoms with Gasteiger partial charge in [-0.2, -0.15) is 0 Å². The number of nitro benzene ring substituents is 2. The fourth-order valence-electron chi connectivity index (χ4n) is 2.77. The van der Waals surface area contributed by atoms with E-state index in [1.165, 1.54) is 37.6 Å². The number of rotatable bonds is 10. The second-order valence-electron chi connectivity index (χ2n) is 6.56. The smallest absolute Gasteiger partial charge is 0.269 e. The molecular formula is C22H19N3O7. The Morgan fingerprint density at radius 2 is 1.47 bits per heavy atom. The molecule has 0 aliphatic heterocycles. The summed E-state index contributed by atoms with van der Waals surface area (Å²) < 4.78 is 11.1. The predicted molar refractivity (Wildman–Crippen MR) is 116 cm³/mol. The summed E-state index contributed by atoms with van der Waals surface area (Å²) in [6.07, 6.45) is 1.48. The molecule has 0 amide bonds. The second-order valence-corrected chi connectivity index (χ2v) is 6.56. The van der Waals surface area contributed by atoms with Crippen LogP contribution in [0.5, 0.6) is 11.5 Å². The number of hydrogen-bond donors (Lipinski definition) is 0. The summed E-state index contributed by atoms with van der Waals surface area (Å²) in [7, 11) is 1.50. The molecule has 0 aliphatic rings. The van der Waals surface area contributed by atoms with Gasteiger partial charge in [0, 0.05) is 29.8 Å². The van der Waals surface area contributed by atoms with Gasteiger partial charge in [-0.3, -0.25) is 20.2 Å². The summed E-state index contributed by atoms with van der Waals surface area (Å²) in [6, 6.07) is 17.4. The van der Waals surface area contributed by atoms with Crippen molar-refractivity contribution in [3.63, 3.8) is 0 Å². The number of nitro groups is 2. The number of oxime groups is 1. The average Bonchev–Trinajstić information content (AvgIpc) is 2.81. The Morgan fingerprint density at radius 3 is 2.06 bits per heavy atom. The molecule has 10 nitrogen and oxygen atoms in total. The molecule has 0 aliphatic carbocycles. The number of methoxy groups -OCH3 is 1. The van der Waals surface area contributed by atoms with Crippen molar-refractivity contribution < 1.29 is 24.2 Å². The normalized spacial score (nSPS) is 10.7. The van der Waals surface area contributed by atoms with Gasteiger partial charge in [-0.15, -0.1) is 0 Å². The quantitative estimate of drug-likeness (QED) is 0.257. The van der Waals surface area contributed by atoms with Crippen molar-refractivity contribution in [3.05, 3.63) is 104 Å². The Kier molecular flexibility index (Phi) is 7.31. The summed E-state index contributed by atoms with van der Waals surface area (Å²) in [6.45, 7) is 0.220. The van der Waals surface area contributed by atoms with Crippen LogP contribution in [-0.2, 0) is 18.1 Å². The highest BCUT2D eigenvalue weighted by Crippen LogP contribution is 2.28. The minimum Gasteiger partial charge on any atom is -0.493 e. The van der Waals surface area contributed by atoms with Crippen molar-refractivity contribution in [2.24, 2.45) is 5.16 Å². The van der Waals surface area contributed by atoms with E-state index >= 15 is 0 Å². The Morgan fingerprint density at radius 1 is 0.844 bits per heavy atom. The van der Waals surface area contributed by atoms with Gasteiger partial charge in [0.2, 0.25) is 0 Å². The topological polar surface area (TPSA) is 126 Å². The maximum Gasteiger partial charge on any atom is 0.269 e. The third kappa shape index (κ3) is 6.02. The van der Waals surface area contributed by atoms with Crippen molar-refractivity contribution in [2.45, 2.75) is 13.2 Å². The van der Waals surface area contributed by atoms with E-state index in [0.29, 0.717) is 28.2 Å². The van der Waals surface area contributed by atoms with Crippen LogP contribution in [0.3, 0.4) is 0 Å². The zero-order valence-corrected chi connectivity index (χ0v) is 17.0. The van der Waals surface area contributed by atoms with Crippen LogP contribution in [0.15, 0.2) is 71.9 Å². The van der Waals surface area contributed by atoms with E-state index < -0.39 is 9.85 Å². The standard InChI is InChI=1S/C22H19N3O7/c1-30-22-12-16(13-23-32-15-18-5-3-7-20(11-18)25(28)29)8-9-21(22)31-14-17-4-2-6-19(10-17)24(26)27/h2-13H,14-15H2,1H3/b23-13-. The third-order valence-corrected chi connectivity index (χ3v) is 4.33. The molecular weight excluding hydrogens is 418 g/mol. The van der Waals surface area contributed by atoms with Crippen molar-refractivity contribution in [1.82, 2.24) is 0 Å². The lowest BCUT2D eigenvalue weighted by atomic mass is 10.2. The van der Waals surface area contributed by atoms with Gasteiger partial charge in [0.05, 0.1) is 23.2 Å². The first kappa shape index (κ1) is 22.2. The summed E-state index contributed by atoms with van der Waals surface area (Å²) in [5.41, 5.74) is 1.94. The molecule has 3 rings (SSSR count). The largest absolute Gasteiger partial charge is 0.493 e. The van der Waals surface area contributed by atoms with Gasteiger partial charge in [-0.1, -0.05) is 29.4 Å². The summed E-state index contributed by atoms with van der Waals surface area (Å²) in [4.78, 5) is 26.0. The molecule has 3 aromatic carbocycles. The van der Waals surface area contributed by atoms with E-state index in [2.05, 4.69) is 5.16 Å². The van der Waals surface area contributed by atoms with Gasteiger partial charge in [0.15, 0.2) is 11.5 Å². The van der Waals surface area contributed by atoms with Crippen LogP contribution in [0.1, 0.15) is 16.7 Å².